The van der Waals surface area contributed by atoms with Gasteiger partial charge in [-0.05, 0) is 24.6 Å². The Balaban J connectivity index is 1.69. The molecule has 0 aromatic carbocycles. The van der Waals surface area contributed by atoms with Crippen LogP contribution in [0.2, 0.25) is 0 Å². The van der Waals surface area contributed by atoms with Crippen LogP contribution in [-0.2, 0) is 0 Å². The molecule has 9 nitrogen and oxygen atoms in total. The molecule has 1 saturated heterocycles. The molecule has 146 valence electrons. The minimum atomic E-state index is -2.76. The molecule has 1 unspecified atom stereocenters. The van der Waals surface area contributed by atoms with Crippen molar-refractivity contribution < 1.29 is 13.6 Å². The highest BCUT2D eigenvalue weighted by Crippen LogP contribution is 2.29. The molecular weight excluding hydrogens is 370 g/mol. The van der Waals surface area contributed by atoms with Crippen LogP contribution in [0.1, 0.15) is 40.6 Å². The molecule has 28 heavy (non-hydrogen) atoms. The van der Waals surface area contributed by atoms with Crippen molar-refractivity contribution in [1.82, 2.24) is 29.5 Å². The number of nitrogen functional groups attached to an aromatic ring is 1. The SMILES string of the molecule is Nc1cccc(C(=O)N2CCC(N)[C@H](c3cc(C(F)F)nc4ncnn34)C2)n1. The zero-order chi connectivity index (χ0) is 19.8. The summed E-state index contributed by atoms with van der Waals surface area (Å²) in [5, 5.41) is 4.08. The summed E-state index contributed by atoms with van der Waals surface area (Å²) in [6, 6.07) is 5.77. The van der Waals surface area contributed by atoms with Gasteiger partial charge in [-0.2, -0.15) is 10.1 Å². The number of hydrogen-bond acceptors (Lipinski definition) is 7. The van der Waals surface area contributed by atoms with Gasteiger partial charge in [-0.1, -0.05) is 6.07 Å². The number of alkyl halides is 2. The Morgan fingerprint density at radius 2 is 2.11 bits per heavy atom. The molecule has 4 N–H and O–H groups in total. The molecular formula is C17H18F2N8O. The largest absolute Gasteiger partial charge is 0.384 e. The second-order valence-corrected chi connectivity index (χ2v) is 6.64. The van der Waals surface area contributed by atoms with Gasteiger partial charge in [-0.15, -0.1) is 0 Å². The lowest BCUT2D eigenvalue weighted by Gasteiger charge is -2.37. The number of anilines is 1. The minimum Gasteiger partial charge on any atom is -0.384 e. The van der Waals surface area contributed by atoms with Crippen LogP contribution in [0.5, 0.6) is 0 Å². The summed E-state index contributed by atoms with van der Waals surface area (Å²) in [6.45, 7) is 0.665. The summed E-state index contributed by atoms with van der Waals surface area (Å²) < 4.78 is 27.9. The molecule has 1 aliphatic heterocycles. The molecule has 3 aromatic rings. The molecule has 3 aromatic heterocycles. The number of halogens is 2. The number of carbonyl (C=O) groups excluding carboxylic acids is 1. The van der Waals surface area contributed by atoms with Crippen molar-refractivity contribution in [2.75, 3.05) is 18.8 Å². The number of carbonyl (C=O) groups is 1. The molecule has 2 atom stereocenters. The van der Waals surface area contributed by atoms with E-state index in [1.54, 1.807) is 23.1 Å². The number of amides is 1. The predicted molar refractivity (Wildman–Crippen MR) is 95.6 cm³/mol. The number of hydrogen-bond donors (Lipinski definition) is 2. The van der Waals surface area contributed by atoms with Crippen LogP contribution in [0, 0.1) is 0 Å². The molecule has 0 aliphatic carbocycles. The van der Waals surface area contributed by atoms with E-state index in [1.165, 1.54) is 16.9 Å². The lowest BCUT2D eigenvalue weighted by molar-refractivity contribution is 0.0685. The van der Waals surface area contributed by atoms with E-state index in [-0.39, 0.29) is 35.8 Å². The van der Waals surface area contributed by atoms with Crippen LogP contribution in [0.25, 0.3) is 5.78 Å². The van der Waals surface area contributed by atoms with Crippen LogP contribution >= 0.6 is 0 Å². The van der Waals surface area contributed by atoms with Gasteiger partial charge in [0.1, 0.15) is 23.5 Å². The van der Waals surface area contributed by atoms with Gasteiger partial charge in [-0.25, -0.2) is 23.3 Å². The Morgan fingerprint density at radius 1 is 1.29 bits per heavy atom. The fraction of sp³-hybridized carbons (Fsp3) is 0.353. The molecule has 11 heteroatoms. The van der Waals surface area contributed by atoms with Gasteiger partial charge < -0.3 is 16.4 Å². The van der Waals surface area contributed by atoms with Gasteiger partial charge >= 0.3 is 0 Å². The highest BCUT2D eigenvalue weighted by atomic mass is 19.3. The van der Waals surface area contributed by atoms with Crippen molar-refractivity contribution in [3.8, 4) is 0 Å². The van der Waals surface area contributed by atoms with Crippen molar-refractivity contribution in [2.45, 2.75) is 24.8 Å². The summed E-state index contributed by atoms with van der Waals surface area (Å²) in [5.41, 5.74) is 12.2. The Kier molecular flexibility index (Phi) is 4.59. The zero-order valence-electron chi connectivity index (χ0n) is 14.7. The third kappa shape index (κ3) is 3.24. The second-order valence-electron chi connectivity index (χ2n) is 6.64. The molecule has 4 rings (SSSR count). The second kappa shape index (κ2) is 7.08. The van der Waals surface area contributed by atoms with Gasteiger partial charge in [0.15, 0.2) is 0 Å². The van der Waals surface area contributed by atoms with E-state index in [0.29, 0.717) is 18.7 Å². The van der Waals surface area contributed by atoms with Crippen molar-refractivity contribution in [3.63, 3.8) is 0 Å². The van der Waals surface area contributed by atoms with Crippen molar-refractivity contribution in [2.24, 2.45) is 5.73 Å². The lowest BCUT2D eigenvalue weighted by atomic mass is 9.89. The summed E-state index contributed by atoms with van der Waals surface area (Å²) in [7, 11) is 0. The average molecular weight is 388 g/mol. The third-order valence-electron chi connectivity index (χ3n) is 4.85. The first kappa shape index (κ1) is 18.2. The monoisotopic (exact) mass is 388 g/mol. The number of pyridine rings is 1. The van der Waals surface area contributed by atoms with Gasteiger partial charge in [0.2, 0.25) is 0 Å². The number of nitrogens with zero attached hydrogens (tertiary/aromatic N) is 6. The van der Waals surface area contributed by atoms with Crippen molar-refractivity contribution >= 4 is 17.5 Å². The van der Waals surface area contributed by atoms with Crippen LogP contribution in [0.15, 0.2) is 30.6 Å². The lowest BCUT2D eigenvalue weighted by Crippen LogP contribution is -2.48. The summed E-state index contributed by atoms with van der Waals surface area (Å²) in [5.74, 6) is -0.386. The zero-order valence-corrected chi connectivity index (χ0v) is 14.7. The van der Waals surface area contributed by atoms with Gasteiger partial charge in [0, 0.05) is 25.0 Å². The van der Waals surface area contributed by atoms with E-state index >= 15 is 0 Å². The summed E-state index contributed by atoms with van der Waals surface area (Å²) in [6.07, 6.45) is -1.01. The molecule has 1 aliphatic rings. The first-order valence-electron chi connectivity index (χ1n) is 8.70. The number of aromatic nitrogens is 5. The Labute approximate surface area is 158 Å². The van der Waals surface area contributed by atoms with E-state index in [9.17, 15) is 13.6 Å². The molecule has 4 heterocycles. The maximum Gasteiger partial charge on any atom is 0.280 e. The number of fused-ring (bicyclic) bond motifs is 1. The number of piperidine rings is 1. The molecule has 0 saturated carbocycles. The van der Waals surface area contributed by atoms with E-state index in [1.807, 2.05) is 0 Å². The van der Waals surface area contributed by atoms with Crippen LogP contribution in [-0.4, -0.2) is 54.5 Å². The number of rotatable bonds is 3. The first-order valence-corrected chi connectivity index (χ1v) is 8.70. The van der Waals surface area contributed by atoms with Crippen LogP contribution < -0.4 is 11.5 Å². The topological polar surface area (TPSA) is 128 Å². The average Bonchev–Trinajstić information content (AvgIpc) is 3.16. The van der Waals surface area contributed by atoms with E-state index in [4.69, 9.17) is 11.5 Å². The third-order valence-corrected chi connectivity index (χ3v) is 4.85. The minimum absolute atomic E-state index is 0.0703. The number of likely N-dealkylation sites (tertiary alicyclic amines) is 1. The van der Waals surface area contributed by atoms with Crippen LogP contribution in [0.3, 0.4) is 0 Å². The van der Waals surface area contributed by atoms with Gasteiger partial charge in [-0.3, -0.25) is 4.79 Å². The Bertz CT molecular complexity index is 1020. The fourth-order valence-electron chi connectivity index (χ4n) is 3.43. The molecule has 0 spiro atoms. The summed E-state index contributed by atoms with van der Waals surface area (Å²) >= 11 is 0. The smallest absolute Gasteiger partial charge is 0.280 e. The summed E-state index contributed by atoms with van der Waals surface area (Å²) in [4.78, 5) is 26.2. The van der Waals surface area contributed by atoms with E-state index in [0.717, 1.165) is 0 Å². The standard InChI is InChI=1S/C17H18F2N8O/c18-15(19)12-6-13(27-17(25-12)22-8-23-27)9-7-26(5-4-10(9)20)16(28)11-2-1-3-14(21)24-11/h1-3,6,8-10,15H,4-5,7,20H2,(H2,21,24)/t9-,10?/m1/s1. The Morgan fingerprint density at radius 3 is 2.86 bits per heavy atom. The number of nitrogens with two attached hydrogens (primary N) is 2. The highest BCUT2D eigenvalue weighted by molar-refractivity contribution is 5.92. The first-order chi connectivity index (χ1) is 13.4. The van der Waals surface area contributed by atoms with Crippen molar-refractivity contribution in [1.29, 1.82) is 0 Å². The molecule has 1 fully saturated rings. The van der Waals surface area contributed by atoms with Crippen molar-refractivity contribution in [3.05, 3.63) is 47.7 Å². The van der Waals surface area contributed by atoms with Gasteiger partial charge in [0.25, 0.3) is 18.1 Å². The normalized spacial score (nSPS) is 20.1. The molecule has 0 bridgehead atoms. The van der Waals surface area contributed by atoms with E-state index < -0.39 is 18.0 Å². The van der Waals surface area contributed by atoms with Crippen LogP contribution in [0.4, 0.5) is 14.6 Å². The predicted octanol–water partition coefficient (Wildman–Crippen LogP) is 0.996. The highest BCUT2D eigenvalue weighted by Gasteiger charge is 2.34. The maximum atomic E-state index is 13.3. The molecule has 0 radical (unpaired) electrons. The maximum absolute atomic E-state index is 13.3. The van der Waals surface area contributed by atoms with E-state index in [2.05, 4.69) is 20.1 Å². The quantitative estimate of drug-likeness (QED) is 0.685. The van der Waals surface area contributed by atoms with Gasteiger partial charge in [0.05, 0.1) is 5.69 Å². The Hall–Kier alpha value is -3.21. The molecule has 1 amide bonds. The fourth-order valence-corrected chi connectivity index (χ4v) is 3.43.